The van der Waals surface area contributed by atoms with Crippen molar-refractivity contribution in [2.45, 2.75) is 46.0 Å². The third kappa shape index (κ3) is 5.82. The summed E-state index contributed by atoms with van der Waals surface area (Å²) in [5.41, 5.74) is 3.16. The Morgan fingerprint density at radius 3 is 2.36 bits per heavy atom. The van der Waals surface area contributed by atoms with E-state index in [1.54, 1.807) is 0 Å². The second-order valence-electron chi connectivity index (χ2n) is 7.11. The molecule has 0 aliphatic rings. The van der Waals surface area contributed by atoms with Gasteiger partial charge in [0, 0.05) is 5.69 Å². The number of urea groups is 1. The van der Waals surface area contributed by atoms with E-state index in [-0.39, 0.29) is 18.2 Å². The monoisotopic (exact) mass is 340 g/mol. The zero-order valence-electron chi connectivity index (χ0n) is 15.6. The summed E-state index contributed by atoms with van der Waals surface area (Å²) in [6, 6.07) is 15.5. The van der Waals surface area contributed by atoms with Crippen LogP contribution in [0.3, 0.4) is 0 Å². The summed E-state index contributed by atoms with van der Waals surface area (Å²) in [6.07, 6.45) is 2.19. The van der Waals surface area contributed by atoms with Gasteiger partial charge >= 0.3 is 6.03 Å². The van der Waals surface area contributed by atoms with E-state index < -0.39 is 0 Å². The van der Waals surface area contributed by atoms with Gasteiger partial charge in [0.25, 0.3) is 0 Å². The van der Waals surface area contributed by atoms with E-state index >= 15 is 0 Å². The molecule has 0 unspecified atom stereocenters. The lowest BCUT2D eigenvalue weighted by molar-refractivity contribution is 0.234. The summed E-state index contributed by atoms with van der Waals surface area (Å²) < 4.78 is 5.57. The Balaban J connectivity index is 1.85. The molecule has 4 nitrogen and oxygen atoms in total. The molecular formula is C21H28N2O2. The first-order valence-electron chi connectivity index (χ1n) is 8.76. The van der Waals surface area contributed by atoms with Crippen LogP contribution < -0.4 is 15.4 Å². The average Bonchev–Trinajstić information content (AvgIpc) is 2.56. The van der Waals surface area contributed by atoms with E-state index in [1.165, 1.54) is 5.56 Å². The van der Waals surface area contributed by atoms with E-state index in [2.05, 4.69) is 50.5 Å². The van der Waals surface area contributed by atoms with Crippen LogP contribution in [0.2, 0.25) is 0 Å². The molecule has 2 aromatic rings. The van der Waals surface area contributed by atoms with E-state index in [0.717, 1.165) is 29.8 Å². The number of para-hydroxylation sites is 1. The van der Waals surface area contributed by atoms with Crippen molar-refractivity contribution in [2.75, 3.05) is 12.0 Å². The van der Waals surface area contributed by atoms with Gasteiger partial charge in [-0.25, -0.2) is 4.79 Å². The highest BCUT2D eigenvalue weighted by Gasteiger charge is 2.18. The minimum atomic E-state index is -0.278. The van der Waals surface area contributed by atoms with Gasteiger partial charge in [-0.1, -0.05) is 64.4 Å². The molecule has 2 aromatic carbocycles. The molecule has 0 spiro atoms. The van der Waals surface area contributed by atoms with Crippen LogP contribution in [0.5, 0.6) is 5.75 Å². The van der Waals surface area contributed by atoms with E-state index in [0.29, 0.717) is 0 Å². The van der Waals surface area contributed by atoms with Crippen molar-refractivity contribution < 1.29 is 9.53 Å². The standard InChI is InChI=1S/C21H28N2O2/c1-5-8-16-11-13-17(14-12-16)25-15-22-20(24)23-19-10-7-6-9-18(19)21(2,3)4/h6-7,9-14H,5,8,15H2,1-4H3,(H2,22,23,24). The van der Waals surface area contributed by atoms with Crippen LogP contribution in [0.15, 0.2) is 48.5 Å². The molecule has 0 radical (unpaired) electrons. The largest absolute Gasteiger partial charge is 0.473 e. The van der Waals surface area contributed by atoms with Gasteiger partial charge in [-0.2, -0.15) is 0 Å². The van der Waals surface area contributed by atoms with Crippen LogP contribution in [0.25, 0.3) is 0 Å². The lowest BCUT2D eigenvalue weighted by Crippen LogP contribution is -2.32. The fourth-order valence-corrected chi connectivity index (χ4v) is 2.64. The molecule has 0 bridgehead atoms. The minimum absolute atomic E-state index is 0.0411. The molecule has 134 valence electrons. The van der Waals surface area contributed by atoms with Gasteiger partial charge in [-0.05, 0) is 41.2 Å². The SMILES string of the molecule is CCCc1ccc(OCNC(=O)Nc2ccccc2C(C)(C)C)cc1. The predicted octanol–water partition coefficient (Wildman–Crippen LogP) is 5.09. The van der Waals surface area contributed by atoms with Gasteiger partial charge in [0.1, 0.15) is 5.75 Å². The average molecular weight is 340 g/mol. The van der Waals surface area contributed by atoms with Crippen molar-refractivity contribution in [1.29, 1.82) is 0 Å². The summed E-state index contributed by atoms with van der Waals surface area (Å²) in [6.45, 7) is 8.64. The number of carbonyl (C=O) groups is 1. The number of carbonyl (C=O) groups excluding carboxylic acids is 1. The zero-order valence-corrected chi connectivity index (χ0v) is 15.6. The number of aryl methyl sites for hydroxylation is 1. The Morgan fingerprint density at radius 2 is 1.72 bits per heavy atom. The van der Waals surface area contributed by atoms with Crippen LogP contribution in [0.1, 0.15) is 45.2 Å². The molecule has 0 aliphatic carbocycles. The summed E-state index contributed by atoms with van der Waals surface area (Å²) in [7, 11) is 0. The Bertz CT molecular complexity index is 688. The first-order valence-corrected chi connectivity index (χ1v) is 8.76. The first-order chi connectivity index (χ1) is 11.9. The van der Waals surface area contributed by atoms with Crippen molar-refractivity contribution in [3.63, 3.8) is 0 Å². The number of ether oxygens (including phenoxy) is 1. The summed E-state index contributed by atoms with van der Waals surface area (Å²) in [5, 5.41) is 5.62. The summed E-state index contributed by atoms with van der Waals surface area (Å²) in [5.74, 6) is 0.746. The molecule has 2 N–H and O–H groups in total. The molecule has 0 heterocycles. The number of nitrogens with one attached hydrogen (secondary N) is 2. The summed E-state index contributed by atoms with van der Waals surface area (Å²) >= 11 is 0. The fourth-order valence-electron chi connectivity index (χ4n) is 2.64. The van der Waals surface area contributed by atoms with Crippen molar-refractivity contribution >= 4 is 11.7 Å². The van der Waals surface area contributed by atoms with Gasteiger partial charge in [-0.15, -0.1) is 0 Å². The van der Waals surface area contributed by atoms with E-state index in [4.69, 9.17) is 4.74 Å². The maximum Gasteiger partial charge on any atom is 0.321 e. The Morgan fingerprint density at radius 1 is 1.04 bits per heavy atom. The molecule has 25 heavy (non-hydrogen) atoms. The van der Waals surface area contributed by atoms with Gasteiger partial charge in [-0.3, -0.25) is 0 Å². The van der Waals surface area contributed by atoms with Crippen LogP contribution >= 0.6 is 0 Å². The molecule has 2 amide bonds. The van der Waals surface area contributed by atoms with E-state index in [1.807, 2.05) is 36.4 Å². The van der Waals surface area contributed by atoms with Crippen LogP contribution in [-0.4, -0.2) is 12.8 Å². The van der Waals surface area contributed by atoms with Gasteiger partial charge < -0.3 is 15.4 Å². The quantitative estimate of drug-likeness (QED) is 0.719. The maximum absolute atomic E-state index is 12.1. The zero-order chi connectivity index (χ0) is 18.3. The molecular weight excluding hydrogens is 312 g/mol. The highest BCUT2D eigenvalue weighted by Crippen LogP contribution is 2.29. The number of anilines is 1. The number of hydrogen-bond donors (Lipinski definition) is 2. The predicted molar refractivity (Wildman–Crippen MR) is 103 cm³/mol. The molecule has 4 heteroatoms. The Hall–Kier alpha value is -2.49. The van der Waals surface area contributed by atoms with Crippen LogP contribution in [0, 0.1) is 0 Å². The normalized spacial score (nSPS) is 11.0. The van der Waals surface area contributed by atoms with Crippen LogP contribution in [-0.2, 0) is 11.8 Å². The lowest BCUT2D eigenvalue weighted by Gasteiger charge is -2.23. The second-order valence-corrected chi connectivity index (χ2v) is 7.11. The smallest absolute Gasteiger partial charge is 0.321 e. The highest BCUT2D eigenvalue weighted by molar-refractivity contribution is 5.90. The topological polar surface area (TPSA) is 50.4 Å². The second kappa shape index (κ2) is 8.56. The molecule has 0 fully saturated rings. The van der Waals surface area contributed by atoms with Crippen molar-refractivity contribution in [3.8, 4) is 5.75 Å². The van der Waals surface area contributed by atoms with E-state index in [9.17, 15) is 4.79 Å². The highest BCUT2D eigenvalue weighted by atomic mass is 16.5. The number of amides is 2. The van der Waals surface area contributed by atoms with Crippen molar-refractivity contribution in [3.05, 3.63) is 59.7 Å². The molecule has 0 saturated carbocycles. The summed E-state index contributed by atoms with van der Waals surface area (Å²) in [4.78, 5) is 12.1. The third-order valence-electron chi connectivity index (χ3n) is 3.92. The van der Waals surface area contributed by atoms with Crippen molar-refractivity contribution in [1.82, 2.24) is 5.32 Å². The van der Waals surface area contributed by atoms with Gasteiger partial charge in [0.2, 0.25) is 0 Å². The van der Waals surface area contributed by atoms with Gasteiger partial charge in [0.15, 0.2) is 6.73 Å². The number of hydrogen-bond acceptors (Lipinski definition) is 2. The molecule has 2 rings (SSSR count). The molecule has 0 aromatic heterocycles. The molecule has 0 atom stereocenters. The molecule has 0 aliphatic heterocycles. The number of rotatable bonds is 6. The maximum atomic E-state index is 12.1. The molecule has 0 saturated heterocycles. The Labute approximate surface area is 150 Å². The first kappa shape index (κ1) is 18.8. The van der Waals surface area contributed by atoms with Gasteiger partial charge in [0.05, 0.1) is 0 Å². The lowest BCUT2D eigenvalue weighted by atomic mass is 9.86. The number of benzene rings is 2. The third-order valence-corrected chi connectivity index (χ3v) is 3.92. The fraction of sp³-hybridized carbons (Fsp3) is 0.381. The van der Waals surface area contributed by atoms with Crippen LogP contribution in [0.4, 0.5) is 10.5 Å². The Kier molecular flexibility index (Phi) is 6.45. The minimum Gasteiger partial charge on any atom is -0.473 e. The van der Waals surface area contributed by atoms with Crippen molar-refractivity contribution in [2.24, 2.45) is 0 Å².